The molecule has 106 valence electrons. The number of halogens is 4. The summed E-state index contributed by atoms with van der Waals surface area (Å²) in [4.78, 5) is 0. The summed E-state index contributed by atoms with van der Waals surface area (Å²) in [6, 6.07) is 12.0. The number of anilines is 1. The van der Waals surface area contributed by atoms with Crippen molar-refractivity contribution in [1.29, 1.82) is 0 Å². The molecule has 0 fully saturated rings. The van der Waals surface area contributed by atoms with Gasteiger partial charge in [-0.15, -0.1) is 0 Å². The van der Waals surface area contributed by atoms with Crippen LogP contribution in [-0.4, -0.2) is 6.61 Å². The van der Waals surface area contributed by atoms with E-state index in [1.807, 2.05) is 12.1 Å². The SMILES string of the molecule is FC(F)Oc1ccc(CNc2ccc(Cl)c(Br)c2)cc1. The lowest BCUT2D eigenvalue weighted by Crippen LogP contribution is -2.02. The van der Waals surface area contributed by atoms with Gasteiger partial charge in [0.05, 0.1) is 5.02 Å². The fourth-order valence-electron chi connectivity index (χ4n) is 1.60. The molecule has 0 saturated heterocycles. The van der Waals surface area contributed by atoms with Gasteiger partial charge in [-0.05, 0) is 51.8 Å². The minimum absolute atomic E-state index is 0.151. The average molecular weight is 363 g/mol. The molecule has 0 radical (unpaired) electrons. The van der Waals surface area contributed by atoms with Gasteiger partial charge < -0.3 is 10.1 Å². The summed E-state index contributed by atoms with van der Waals surface area (Å²) in [7, 11) is 0. The highest BCUT2D eigenvalue weighted by molar-refractivity contribution is 9.10. The van der Waals surface area contributed by atoms with Gasteiger partial charge in [-0.3, -0.25) is 0 Å². The van der Waals surface area contributed by atoms with Gasteiger partial charge in [0, 0.05) is 16.7 Å². The molecule has 6 heteroatoms. The Kier molecular flexibility index (Phi) is 5.20. The Hall–Kier alpha value is -1.33. The van der Waals surface area contributed by atoms with Crippen LogP contribution in [0.5, 0.6) is 5.75 Å². The van der Waals surface area contributed by atoms with Gasteiger partial charge in [0.1, 0.15) is 5.75 Å². The summed E-state index contributed by atoms with van der Waals surface area (Å²) >= 11 is 9.25. The first-order valence-corrected chi connectivity index (χ1v) is 6.94. The maximum atomic E-state index is 12.0. The first-order chi connectivity index (χ1) is 9.54. The minimum Gasteiger partial charge on any atom is -0.435 e. The predicted octanol–water partition coefficient (Wildman–Crippen LogP) is 5.32. The fourth-order valence-corrected chi connectivity index (χ4v) is 2.10. The highest BCUT2D eigenvalue weighted by Gasteiger charge is 2.04. The van der Waals surface area contributed by atoms with Crippen molar-refractivity contribution in [1.82, 2.24) is 0 Å². The van der Waals surface area contributed by atoms with Gasteiger partial charge in [-0.1, -0.05) is 23.7 Å². The van der Waals surface area contributed by atoms with Crippen LogP contribution in [0.25, 0.3) is 0 Å². The smallest absolute Gasteiger partial charge is 0.387 e. The molecule has 2 aromatic carbocycles. The molecule has 0 aliphatic rings. The van der Waals surface area contributed by atoms with E-state index >= 15 is 0 Å². The molecule has 20 heavy (non-hydrogen) atoms. The van der Waals surface area contributed by atoms with E-state index in [1.165, 1.54) is 12.1 Å². The highest BCUT2D eigenvalue weighted by Crippen LogP contribution is 2.26. The number of nitrogens with one attached hydrogen (secondary N) is 1. The summed E-state index contributed by atoms with van der Waals surface area (Å²) in [6.45, 7) is -2.23. The van der Waals surface area contributed by atoms with Crippen LogP contribution < -0.4 is 10.1 Å². The molecule has 1 N–H and O–H groups in total. The lowest BCUT2D eigenvalue weighted by atomic mass is 10.2. The standard InChI is InChI=1S/C14H11BrClF2NO/c15-12-7-10(3-6-13(12)16)19-8-9-1-4-11(5-2-9)20-14(17)18/h1-7,14,19H,8H2. The Morgan fingerprint density at radius 3 is 2.45 bits per heavy atom. The molecule has 0 aliphatic heterocycles. The fraction of sp³-hybridized carbons (Fsp3) is 0.143. The van der Waals surface area contributed by atoms with E-state index in [-0.39, 0.29) is 5.75 Å². The molecule has 0 atom stereocenters. The van der Waals surface area contributed by atoms with Crippen molar-refractivity contribution < 1.29 is 13.5 Å². The zero-order valence-electron chi connectivity index (χ0n) is 10.2. The summed E-state index contributed by atoms with van der Waals surface area (Å²) in [5, 5.41) is 3.85. The number of alkyl halides is 2. The van der Waals surface area contributed by atoms with E-state index in [9.17, 15) is 8.78 Å². The Balaban J connectivity index is 1.95. The van der Waals surface area contributed by atoms with Crippen LogP contribution in [0, 0.1) is 0 Å². The lowest BCUT2D eigenvalue weighted by molar-refractivity contribution is -0.0498. The van der Waals surface area contributed by atoms with Crippen molar-refractivity contribution in [2.75, 3.05) is 5.32 Å². The van der Waals surface area contributed by atoms with Crippen LogP contribution in [0.3, 0.4) is 0 Å². The van der Waals surface area contributed by atoms with E-state index < -0.39 is 6.61 Å². The molecule has 0 aromatic heterocycles. The minimum atomic E-state index is -2.80. The Morgan fingerprint density at radius 1 is 1.15 bits per heavy atom. The van der Waals surface area contributed by atoms with Crippen LogP contribution >= 0.6 is 27.5 Å². The second-order valence-corrected chi connectivity index (χ2v) is 5.27. The number of hydrogen-bond donors (Lipinski definition) is 1. The van der Waals surface area contributed by atoms with Gasteiger partial charge in [-0.2, -0.15) is 8.78 Å². The third-order valence-corrected chi connectivity index (χ3v) is 3.78. The van der Waals surface area contributed by atoms with Crippen molar-refractivity contribution in [3.8, 4) is 5.75 Å². The first kappa shape index (κ1) is 15.1. The quantitative estimate of drug-likeness (QED) is 0.777. The Morgan fingerprint density at radius 2 is 1.85 bits per heavy atom. The summed E-state index contributed by atoms with van der Waals surface area (Å²) in [6.07, 6.45) is 0. The topological polar surface area (TPSA) is 21.3 Å². The molecule has 0 amide bonds. The van der Waals surface area contributed by atoms with Crippen molar-refractivity contribution in [2.24, 2.45) is 0 Å². The third-order valence-electron chi connectivity index (χ3n) is 2.56. The molecule has 0 aliphatic carbocycles. The molecule has 2 nitrogen and oxygen atoms in total. The van der Waals surface area contributed by atoms with E-state index in [2.05, 4.69) is 26.0 Å². The van der Waals surface area contributed by atoms with Gasteiger partial charge in [0.15, 0.2) is 0 Å². The van der Waals surface area contributed by atoms with Crippen molar-refractivity contribution in [3.63, 3.8) is 0 Å². The van der Waals surface area contributed by atoms with Crippen LogP contribution in [0.2, 0.25) is 5.02 Å². The summed E-state index contributed by atoms with van der Waals surface area (Å²) in [5.74, 6) is 0.151. The van der Waals surface area contributed by atoms with Crippen LogP contribution in [0.1, 0.15) is 5.56 Å². The second-order valence-electron chi connectivity index (χ2n) is 4.00. The maximum absolute atomic E-state index is 12.0. The maximum Gasteiger partial charge on any atom is 0.387 e. The number of benzene rings is 2. The lowest BCUT2D eigenvalue weighted by Gasteiger charge is -2.09. The predicted molar refractivity (Wildman–Crippen MR) is 79.6 cm³/mol. The van der Waals surface area contributed by atoms with Crippen LogP contribution in [-0.2, 0) is 6.54 Å². The summed E-state index contributed by atoms with van der Waals surface area (Å²) in [5.41, 5.74) is 1.87. The summed E-state index contributed by atoms with van der Waals surface area (Å²) < 4.78 is 29.1. The average Bonchev–Trinajstić information content (AvgIpc) is 2.41. The normalized spacial score (nSPS) is 10.7. The zero-order chi connectivity index (χ0) is 14.5. The van der Waals surface area contributed by atoms with E-state index in [0.717, 1.165) is 15.7 Å². The second kappa shape index (κ2) is 6.90. The number of hydrogen-bond acceptors (Lipinski definition) is 2. The van der Waals surface area contributed by atoms with E-state index in [1.54, 1.807) is 18.2 Å². The van der Waals surface area contributed by atoms with Crippen molar-refractivity contribution >= 4 is 33.2 Å². The molecule has 0 spiro atoms. The molecule has 0 heterocycles. The molecule has 2 rings (SSSR count). The molecule has 0 saturated carbocycles. The van der Waals surface area contributed by atoms with Crippen LogP contribution in [0.4, 0.5) is 14.5 Å². The van der Waals surface area contributed by atoms with Gasteiger partial charge in [0.25, 0.3) is 0 Å². The van der Waals surface area contributed by atoms with E-state index in [4.69, 9.17) is 11.6 Å². The Labute approximate surface area is 128 Å². The molecule has 2 aromatic rings. The Bertz CT molecular complexity index is 578. The molecule has 0 bridgehead atoms. The van der Waals surface area contributed by atoms with Gasteiger partial charge >= 0.3 is 6.61 Å². The number of ether oxygens (including phenoxy) is 1. The molecular formula is C14H11BrClF2NO. The van der Waals surface area contributed by atoms with Crippen LogP contribution in [0.15, 0.2) is 46.9 Å². The van der Waals surface area contributed by atoms with Gasteiger partial charge in [0.2, 0.25) is 0 Å². The highest BCUT2D eigenvalue weighted by atomic mass is 79.9. The monoisotopic (exact) mass is 361 g/mol. The first-order valence-electron chi connectivity index (χ1n) is 5.77. The van der Waals surface area contributed by atoms with Gasteiger partial charge in [-0.25, -0.2) is 0 Å². The largest absolute Gasteiger partial charge is 0.435 e. The number of rotatable bonds is 5. The van der Waals surface area contributed by atoms with Crippen molar-refractivity contribution in [2.45, 2.75) is 13.2 Å². The molecular weight excluding hydrogens is 352 g/mol. The van der Waals surface area contributed by atoms with E-state index in [0.29, 0.717) is 11.6 Å². The zero-order valence-corrected chi connectivity index (χ0v) is 12.6. The molecule has 0 unspecified atom stereocenters. The third kappa shape index (κ3) is 4.35. The van der Waals surface area contributed by atoms with Crippen molar-refractivity contribution in [3.05, 3.63) is 57.5 Å².